The van der Waals surface area contributed by atoms with Crippen molar-refractivity contribution in [1.82, 2.24) is 15.1 Å². The zero-order valence-corrected chi connectivity index (χ0v) is 12.0. The van der Waals surface area contributed by atoms with E-state index in [1.807, 2.05) is 24.3 Å². The van der Waals surface area contributed by atoms with Crippen molar-refractivity contribution < 1.29 is 8.42 Å². The lowest BCUT2D eigenvalue weighted by Gasteiger charge is -2.23. The summed E-state index contributed by atoms with van der Waals surface area (Å²) in [5.41, 5.74) is 1.72. The van der Waals surface area contributed by atoms with Gasteiger partial charge in [0.05, 0.1) is 11.9 Å². The van der Waals surface area contributed by atoms with Gasteiger partial charge < -0.3 is 5.32 Å². The maximum atomic E-state index is 12.8. The Morgan fingerprint density at radius 1 is 1.30 bits per heavy atom. The Morgan fingerprint density at radius 2 is 2.10 bits per heavy atom. The van der Waals surface area contributed by atoms with E-state index in [0.29, 0.717) is 19.6 Å². The molecule has 2 aromatic rings. The van der Waals surface area contributed by atoms with Crippen molar-refractivity contribution in [2.45, 2.75) is 11.4 Å². The van der Waals surface area contributed by atoms with E-state index in [4.69, 9.17) is 0 Å². The molecular weight excluding hydrogens is 276 g/mol. The summed E-state index contributed by atoms with van der Waals surface area (Å²) in [6.07, 6.45) is 2.91. The number of aromatic nitrogens is 2. The lowest BCUT2D eigenvalue weighted by atomic mass is 10.2. The fourth-order valence-electron chi connectivity index (χ4n) is 2.34. The van der Waals surface area contributed by atoms with Crippen LogP contribution < -0.4 is 9.62 Å². The first-order chi connectivity index (χ1) is 9.59. The molecule has 7 heteroatoms. The van der Waals surface area contributed by atoms with Crippen LogP contribution in [0.3, 0.4) is 0 Å². The molecule has 0 atom stereocenters. The molecule has 1 aliphatic rings. The van der Waals surface area contributed by atoms with Crippen molar-refractivity contribution in [1.29, 1.82) is 0 Å². The summed E-state index contributed by atoms with van der Waals surface area (Å²) in [7, 11) is -1.86. The van der Waals surface area contributed by atoms with Gasteiger partial charge in [-0.25, -0.2) is 8.42 Å². The molecule has 3 rings (SSSR count). The molecule has 0 amide bonds. The number of aryl methyl sites for hydroxylation is 1. The van der Waals surface area contributed by atoms with E-state index in [9.17, 15) is 8.42 Å². The van der Waals surface area contributed by atoms with Gasteiger partial charge in [0.2, 0.25) is 0 Å². The second kappa shape index (κ2) is 4.92. The predicted molar refractivity (Wildman–Crippen MR) is 75.9 cm³/mol. The average molecular weight is 292 g/mol. The third-order valence-electron chi connectivity index (χ3n) is 3.34. The van der Waals surface area contributed by atoms with Crippen LogP contribution in [0.5, 0.6) is 0 Å². The van der Waals surface area contributed by atoms with Gasteiger partial charge in [0, 0.05) is 32.9 Å². The van der Waals surface area contributed by atoms with Crippen molar-refractivity contribution in [3.05, 3.63) is 42.2 Å². The average Bonchev–Trinajstić information content (AvgIpc) is 2.75. The zero-order chi connectivity index (χ0) is 14.2. The van der Waals surface area contributed by atoms with Crippen LogP contribution in [0, 0.1) is 0 Å². The van der Waals surface area contributed by atoms with Gasteiger partial charge in [-0.3, -0.25) is 8.99 Å². The Labute approximate surface area is 118 Å². The Kier molecular flexibility index (Phi) is 3.23. The highest BCUT2D eigenvalue weighted by Crippen LogP contribution is 2.27. The third kappa shape index (κ3) is 2.19. The molecule has 2 heterocycles. The van der Waals surface area contributed by atoms with E-state index in [2.05, 4.69) is 10.4 Å². The van der Waals surface area contributed by atoms with Gasteiger partial charge in [0.25, 0.3) is 10.0 Å². The van der Waals surface area contributed by atoms with Crippen molar-refractivity contribution in [3.8, 4) is 0 Å². The molecule has 20 heavy (non-hydrogen) atoms. The van der Waals surface area contributed by atoms with E-state index in [1.54, 1.807) is 7.05 Å². The van der Waals surface area contributed by atoms with Crippen LogP contribution in [0.4, 0.5) is 5.69 Å². The van der Waals surface area contributed by atoms with E-state index >= 15 is 0 Å². The number of sulfonamides is 1. The van der Waals surface area contributed by atoms with Crippen LogP contribution in [0.1, 0.15) is 5.56 Å². The molecular formula is C13H16N4O2S. The molecule has 0 saturated heterocycles. The quantitative estimate of drug-likeness (QED) is 0.885. The van der Waals surface area contributed by atoms with Gasteiger partial charge in [0.1, 0.15) is 4.90 Å². The topological polar surface area (TPSA) is 67.2 Å². The molecule has 0 radical (unpaired) electrons. The summed E-state index contributed by atoms with van der Waals surface area (Å²) in [5, 5.41) is 7.19. The number of para-hydroxylation sites is 1. The van der Waals surface area contributed by atoms with Crippen LogP contribution in [0.15, 0.2) is 41.6 Å². The minimum Gasteiger partial charge on any atom is -0.311 e. The molecule has 0 spiro atoms. The van der Waals surface area contributed by atoms with Gasteiger partial charge in [-0.1, -0.05) is 18.2 Å². The molecule has 0 aliphatic carbocycles. The molecule has 1 N–H and O–H groups in total. The van der Waals surface area contributed by atoms with E-state index in [1.165, 1.54) is 21.4 Å². The normalized spacial score (nSPS) is 15.8. The van der Waals surface area contributed by atoms with E-state index < -0.39 is 10.0 Å². The molecule has 1 aromatic heterocycles. The number of fused-ring (bicyclic) bond motifs is 1. The number of hydrogen-bond acceptors (Lipinski definition) is 4. The van der Waals surface area contributed by atoms with Gasteiger partial charge in [-0.05, 0) is 11.6 Å². The summed E-state index contributed by atoms with van der Waals surface area (Å²) in [6.45, 7) is 1.71. The molecule has 0 bridgehead atoms. The first-order valence-electron chi connectivity index (χ1n) is 6.39. The first kappa shape index (κ1) is 13.1. The van der Waals surface area contributed by atoms with Crippen LogP contribution >= 0.6 is 0 Å². The number of nitrogens with zero attached hydrogens (tertiary/aromatic N) is 3. The Hall–Kier alpha value is -1.86. The smallest absolute Gasteiger partial charge is 0.267 e. The molecule has 1 aliphatic heterocycles. The highest BCUT2D eigenvalue weighted by Gasteiger charge is 2.28. The summed E-state index contributed by atoms with van der Waals surface area (Å²) in [5.74, 6) is 0. The molecule has 0 unspecified atom stereocenters. The Bertz CT molecular complexity index is 723. The first-order valence-corrected chi connectivity index (χ1v) is 7.83. The fourth-order valence-corrected chi connectivity index (χ4v) is 3.83. The van der Waals surface area contributed by atoms with Crippen molar-refractivity contribution in [3.63, 3.8) is 0 Å². The predicted octanol–water partition coefficient (Wildman–Crippen LogP) is 0.719. The number of rotatable bonds is 2. The number of nitrogens with one attached hydrogen (secondary N) is 1. The van der Waals surface area contributed by atoms with Crippen LogP contribution in [0.25, 0.3) is 0 Å². The van der Waals surface area contributed by atoms with Gasteiger partial charge in [-0.15, -0.1) is 0 Å². The Morgan fingerprint density at radius 3 is 2.85 bits per heavy atom. The standard InChI is InChI=1S/C13H16N4O2S/c1-16-10-12(9-15-16)20(18,19)17-7-6-14-8-11-4-2-3-5-13(11)17/h2-5,9-10,14H,6-8H2,1H3. The van der Waals surface area contributed by atoms with Crippen molar-refractivity contribution in [2.75, 3.05) is 17.4 Å². The summed E-state index contributed by atoms with van der Waals surface area (Å²) >= 11 is 0. The van der Waals surface area contributed by atoms with Crippen LogP contribution in [0.2, 0.25) is 0 Å². The second-order valence-electron chi connectivity index (χ2n) is 4.73. The zero-order valence-electron chi connectivity index (χ0n) is 11.2. The lowest BCUT2D eigenvalue weighted by molar-refractivity contribution is 0.589. The number of benzene rings is 1. The van der Waals surface area contributed by atoms with Crippen LogP contribution in [-0.2, 0) is 23.6 Å². The monoisotopic (exact) mass is 292 g/mol. The van der Waals surface area contributed by atoms with Gasteiger partial charge in [-0.2, -0.15) is 5.10 Å². The van der Waals surface area contributed by atoms with Gasteiger partial charge >= 0.3 is 0 Å². The summed E-state index contributed by atoms with van der Waals surface area (Å²) in [6, 6.07) is 7.56. The highest BCUT2D eigenvalue weighted by molar-refractivity contribution is 7.92. The maximum absolute atomic E-state index is 12.8. The maximum Gasteiger partial charge on any atom is 0.267 e. The summed E-state index contributed by atoms with van der Waals surface area (Å²) in [4.78, 5) is 0.219. The number of anilines is 1. The summed E-state index contributed by atoms with van der Waals surface area (Å²) < 4.78 is 28.5. The van der Waals surface area contributed by atoms with E-state index in [-0.39, 0.29) is 4.90 Å². The molecule has 0 fully saturated rings. The minimum absolute atomic E-state index is 0.219. The second-order valence-corrected chi connectivity index (χ2v) is 6.59. The van der Waals surface area contributed by atoms with Gasteiger partial charge in [0.15, 0.2) is 0 Å². The Balaban J connectivity index is 2.09. The largest absolute Gasteiger partial charge is 0.311 e. The third-order valence-corrected chi connectivity index (χ3v) is 5.10. The minimum atomic E-state index is -3.57. The molecule has 0 saturated carbocycles. The van der Waals surface area contributed by atoms with Crippen molar-refractivity contribution in [2.24, 2.45) is 7.05 Å². The van der Waals surface area contributed by atoms with Crippen LogP contribution in [-0.4, -0.2) is 31.3 Å². The fraction of sp³-hybridized carbons (Fsp3) is 0.308. The van der Waals surface area contributed by atoms with Crippen molar-refractivity contribution >= 4 is 15.7 Å². The molecule has 6 nitrogen and oxygen atoms in total. The molecule has 1 aromatic carbocycles. The lowest BCUT2D eigenvalue weighted by Crippen LogP contribution is -2.34. The number of hydrogen-bond donors (Lipinski definition) is 1. The molecule has 106 valence electrons. The van der Waals surface area contributed by atoms with E-state index in [0.717, 1.165) is 11.3 Å². The SMILES string of the molecule is Cn1cc(S(=O)(=O)N2CCNCc3ccccc32)cn1. The highest BCUT2D eigenvalue weighted by atomic mass is 32.2.